The predicted molar refractivity (Wildman–Crippen MR) is 326 cm³/mol. The maximum Gasteiger partial charge on any atom is 0.228 e. The number of aromatic nitrogens is 2. The van der Waals surface area contributed by atoms with Crippen LogP contribution in [0.2, 0.25) is 0 Å². The van der Waals surface area contributed by atoms with E-state index in [1.165, 1.54) is 137 Å². The first-order valence-electron chi connectivity index (χ1n) is 31.1. The van der Waals surface area contributed by atoms with Crippen molar-refractivity contribution in [2.75, 3.05) is 39.3 Å². The number of fused-ring (bicyclic) bond motifs is 4. The molecule has 11 rings (SSSR count). The van der Waals surface area contributed by atoms with Gasteiger partial charge >= 0.3 is 0 Å². The van der Waals surface area contributed by atoms with E-state index in [2.05, 4.69) is 189 Å². The minimum atomic E-state index is -0.354. The van der Waals surface area contributed by atoms with Gasteiger partial charge in [-0.1, -0.05) is 106 Å². The Labute approximate surface area is 475 Å². The summed E-state index contributed by atoms with van der Waals surface area (Å²) in [5.74, 6) is 1.49. The van der Waals surface area contributed by atoms with E-state index in [0.717, 1.165) is 71.5 Å². The first-order valence-corrected chi connectivity index (χ1v) is 31.1. The fraction of sp³-hybridized carbons (Fsp3) is 0.594. The number of likely N-dealkylation sites (tertiary alicyclic amines) is 1. The average Bonchev–Trinajstić information content (AvgIpc) is 4.52. The van der Waals surface area contributed by atoms with E-state index < -0.39 is 0 Å². The highest BCUT2D eigenvalue weighted by atomic mass is 16.2. The van der Waals surface area contributed by atoms with Gasteiger partial charge in [0, 0.05) is 110 Å². The van der Waals surface area contributed by atoms with Crippen molar-refractivity contribution in [3.05, 3.63) is 129 Å². The maximum absolute atomic E-state index is 13.8. The summed E-state index contributed by atoms with van der Waals surface area (Å²) in [4.78, 5) is 41.9. The van der Waals surface area contributed by atoms with Gasteiger partial charge in [0.15, 0.2) is 0 Å². The molecule has 10 nitrogen and oxygen atoms in total. The number of benzene rings is 3. The van der Waals surface area contributed by atoms with Crippen molar-refractivity contribution in [3.8, 4) is 22.5 Å². The molecule has 4 bridgehead atoms. The summed E-state index contributed by atoms with van der Waals surface area (Å²) >= 11 is 0. The van der Waals surface area contributed by atoms with Crippen LogP contribution < -0.4 is 16.0 Å². The van der Waals surface area contributed by atoms with Gasteiger partial charge in [-0.05, 0) is 199 Å². The molecule has 2 unspecified atom stereocenters. The Morgan fingerprint density at radius 1 is 0.582 bits per heavy atom. The molecule has 8 heterocycles. The fourth-order valence-corrected chi connectivity index (χ4v) is 15.2. The first kappa shape index (κ1) is 57.2. The molecule has 6 fully saturated rings. The van der Waals surface area contributed by atoms with Crippen molar-refractivity contribution in [2.45, 2.75) is 214 Å². The standard InChI is InChI=1S/C38H52N4O.C31H46N4O/c1-26-19-27(2)21-31(20-26)36-35(28(3)22-39-32-16-18-41(25-32)24-29-9-7-6-8-10-29)30(23-40-36)15-17-38(4,5)37(43)42-33-11-12-34(42)14-13-33;1-20-14-21(2)16-24(15-20)29-28(22(3)17-33-25-11-13-32-19-25)23(18-34-29)10-12-31(4,5)30(36)35-26-6-7-27(35)9-8-26/h6-10,19-21,23,28,32-34,39-40H,11-18,22,24-25H2,1-5H3;14-16,18,22,25-27,32-34H,6-13,17,19H2,1-5H3/t28-,32?,33?,34?;22-,25?,26?,27?/m11/s1. The zero-order valence-corrected chi connectivity index (χ0v) is 50.1. The molecule has 426 valence electrons. The van der Waals surface area contributed by atoms with Gasteiger partial charge in [-0.3, -0.25) is 14.5 Å². The van der Waals surface area contributed by atoms with Gasteiger partial charge in [-0.2, -0.15) is 0 Å². The summed E-state index contributed by atoms with van der Waals surface area (Å²) in [7, 11) is 0. The van der Waals surface area contributed by atoms with Gasteiger partial charge in [0.2, 0.25) is 11.8 Å². The summed E-state index contributed by atoms with van der Waals surface area (Å²) in [6.07, 6.45) is 20.0. The van der Waals surface area contributed by atoms with Gasteiger partial charge in [-0.25, -0.2) is 0 Å². The van der Waals surface area contributed by atoms with Gasteiger partial charge < -0.3 is 35.7 Å². The highest BCUT2D eigenvalue weighted by Gasteiger charge is 2.47. The van der Waals surface area contributed by atoms with Crippen LogP contribution in [-0.4, -0.2) is 112 Å². The summed E-state index contributed by atoms with van der Waals surface area (Å²) < 4.78 is 0. The van der Waals surface area contributed by atoms with Crippen LogP contribution in [-0.2, 0) is 29.0 Å². The molecule has 2 amide bonds. The SMILES string of the molecule is Cc1cc(C)cc(-c2[nH]cc(CCC(C)(C)C(=O)N3C4CCC3CC4)c2[C@H](C)CNC2CCN(Cc3ccccc3)C2)c1.Cc1cc(C)cc(-c2[nH]cc(CCC(C)(C)C(=O)N3C4CCC3CC4)c2[C@H](C)CNC2CCNC2)c1. The number of nitrogens with one attached hydrogen (secondary N) is 5. The summed E-state index contributed by atoms with van der Waals surface area (Å²) in [5, 5.41) is 11.2. The van der Waals surface area contributed by atoms with Gasteiger partial charge in [0.05, 0.1) is 0 Å². The molecule has 6 aliphatic heterocycles. The molecular weight excluding hydrogens is 973 g/mol. The van der Waals surface area contributed by atoms with Gasteiger partial charge in [0.25, 0.3) is 0 Å². The lowest BCUT2D eigenvalue weighted by Crippen LogP contribution is -2.43. The van der Waals surface area contributed by atoms with Crippen molar-refractivity contribution in [3.63, 3.8) is 0 Å². The fourth-order valence-electron chi connectivity index (χ4n) is 15.2. The van der Waals surface area contributed by atoms with E-state index in [1.807, 2.05) is 0 Å². The molecule has 5 N–H and O–H groups in total. The van der Waals surface area contributed by atoms with Crippen LogP contribution in [0.4, 0.5) is 0 Å². The summed E-state index contributed by atoms with van der Waals surface area (Å²) in [6.45, 7) is 29.5. The molecule has 6 aliphatic rings. The lowest BCUT2D eigenvalue weighted by Gasteiger charge is -2.32. The van der Waals surface area contributed by atoms with Crippen LogP contribution in [0.5, 0.6) is 0 Å². The monoisotopic (exact) mass is 1070 g/mol. The normalized spacial score (nSPS) is 23.7. The number of nitrogens with zero attached hydrogens (tertiary/aromatic N) is 3. The summed E-state index contributed by atoms with van der Waals surface area (Å²) in [6, 6.07) is 27.6. The Morgan fingerprint density at radius 3 is 1.43 bits per heavy atom. The predicted octanol–water partition coefficient (Wildman–Crippen LogP) is 12.8. The van der Waals surface area contributed by atoms with E-state index >= 15 is 0 Å². The first-order chi connectivity index (χ1) is 37.9. The van der Waals surface area contributed by atoms with Crippen molar-refractivity contribution in [2.24, 2.45) is 10.8 Å². The lowest BCUT2D eigenvalue weighted by molar-refractivity contribution is -0.142. The molecule has 2 aromatic heterocycles. The Bertz CT molecular complexity index is 2790. The van der Waals surface area contributed by atoms with E-state index in [-0.39, 0.29) is 10.8 Å². The zero-order chi connectivity index (χ0) is 55.6. The smallest absolute Gasteiger partial charge is 0.228 e. The van der Waals surface area contributed by atoms with Crippen LogP contribution in [0.15, 0.2) is 79.1 Å². The van der Waals surface area contributed by atoms with Gasteiger partial charge in [0.1, 0.15) is 0 Å². The van der Waals surface area contributed by atoms with E-state index in [4.69, 9.17) is 0 Å². The Morgan fingerprint density at radius 2 is 1.01 bits per heavy atom. The molecule has 0 spiro atoms. The number of rotatable bonds is 20. The molecule has 0 radical (unpaired) electrons. The van der Waals surface area contributed by atoms with Crippen LogP contribution in [0, 0.1) is 38.5 Å². The third-order valence-electron chi connectivity index (χ3n) is 19.6. The molecule has 0 aliphatic carbocycles. The topological polar surface area (TPSA) is 112 Å². The number of hydrogen-bond acceptors (Lipinski definition) is 6. The molecule has 10 heteroatoms. The summed E-state index contributed by atoms with van der Waals surface area (Å²) in [5.41, 5.74) is 16.5. The quantitative estimate of drug-likeness (QED) is 0.0531. The van der Waals surface area contributed by atoms with Crippen LogP contribution >= 0.6 is 0 Å². The highest BCUT2D eigenvalue weighted by Crippen LogP contribution is 2.44. The minimum Gasteiger partial charge on any atom is -0.361 e. The number of carbonyl (C=O) groups excluding carboxylic acids is 2. The van der Waals surface area contributed by atoms with Crippen LogP contribution in [0.3, 0.4) is 0 Å². The average molecular weight is 1070 g/mol. The number of H-pyrrole nitrogens is 2. The second-order valence-corrected chi connectivity index (χ2v) is 27.1. The zero-order valence-electron chi connectivity index (χ0n) is 50.1. The van der Waals surface area contributed by atoms with Gasteiger partial charge in [-0.15, -0.1) is 0 Å². The van der Waals surface area contributed by atoms with Crippen molar-refractivity contribution in [1.82, 2.24) is 40.6 Å². The van der Waals surface area contributed by atoms with Crippen LogP contribution in [0.25, 0.3) is 22.5 Å². The second kappa shape index (κ2) is 24.6. The molecule has 0 saturated carbocycles. The van der Waals surface area contributed by atoms with Crippen LogP contribution in [0.1, 0.15) is 180 Å². The lowest BCUT2D eigenvalue weighted by atomic mass is 9.83. The number of hydrogen-bond donors (Lipinski definition) is 5. The Hall–Kier alpha value is -5.00. The second-order valence-electron chi connectivity index (χ2n) is 27.1. The van der Waals surface area contributed by atoms with E-state index in [1.54, 1.807) is 0 Å². The largest absolute Gasteiger partial charge is 0.361 e. The molecule has 3 aromatic carbocycles. The molecule has 4 atom stereocenters. The highest BCUT2D eigenvalue weighted by molar-refractivity contribution is 5.84. The van der Waals surface area contributed by atoms with E-state index in [9.17, 15) is 9.59 Å². The minimum absolute atomic E-state index is 0.336. The van der Waals surface area contributed by atoms with Crippen molar-refractivity contribution < 1.29 is 9.59 Å². The number of aryl methyl sites for hydroxylation is 6. The number of aromatic amines is 2. The van der Waals surface area contributed by atoms with E-state index in [0.29, 0.717) is 59.9 Å². The van der Waals surface area contributed by atoms with Crippen molar-refractivity contribution >= 4 is 11.8 Å². The maximum atomic E-state index is 13.8. The molecular formula is C69H98N8O2. The molecule has 79 heavy (non-hydrogen) atoms. The molecule has 5 aromatic rings. The third kappa shape index (κ3) is 13.2. The number of carbonyl (C=O) groups is 2. The molecule has 6 saturated heterocycles. The number of amides is 2. The Kier molecular flexibility index (Phi) is 17.8. The third-order valence-corrected chi connectivity index (χ3v) is 19.6. The van der Waals surface area contributed by atoms with Crippen molar-refractivity contribution in [1.29, 1.82) is 0 Å². The Balaban J connectivity index is 0.000000181.